The molecule has 0 aliphatic rings. The zero-order chi connectivity index (χ0) is 15.0. The van der Waals surface area contributed by atoms with Crippen LogP contribution in [0.5, 0.6) is 0 Å². The normalized spacial score (nSPS) is 11.3. The molecule has 2 N–H and O–H groups in total. The Morgan fingerprint density at radius 3 is 2.20 bits per heavy atom. The van der Waals surface area contributed by atoms with E-state index in [0.717, 1.165) is 12.2 Å². The lowest BCUT2D eigenvalue weighted by molar-refractivity contribution is 0.0697. The molecule has 0 spiro atoms. The van der Waals surface area contributed by atoms with Gasteiger partial charge in [0.1, 0.15) is 0 Å². The van der Waals surface area contributed by atoms with Crippen molar-refractivity contribution in [2.75, 3.05) is 11.9 Å². The van der Waals surface area contributed by atoms with E-state index in [-0.39, 0.29) is 0 Å². The van der Waals surface area contributed by atoms with Crippen LogP contribution >= 0.6 is 0 Å². The summed E-state index contributed by atoms with van der Waals surface area (Å²) in [5.41, 5.74) is 1.33. The molecule has 20 heavy (non-hydrogen) atoms. The average molecular weight is 293 g/mol. The van der Waals surface area contributed by atoms with Crippen molar-refractivity contribution >= 4 is 19.7 Å². The van der Waals surface area contributed by atoms with Gasteiger partial charge in [0.15, 0.2) is 0 Å². The third-order valence-corrected chi connectivity index (χ3v) is 5.17. The van der Waals surface area contributed by atoms with Gasteiger partial charge in [0.2, 0.25) is 0 Å². The molecule has 0 radical (unpaired) electrons. The van der Waals surface area contributed by atoms with E-state index in [1.165, 1.54) is 31.7 Å². The number of rotatable bonds is 9. The molecule has 0 aromatic heterocycles. The minimum Gasteiger partial charge on any atom is -0.478 e. The van der Waals surface area contributed by atoms with E-state index >= 15 is 0 Å². The van der Waals surface area contributed by atoms with Crippen molar-refractivity contribution in [3.63, 3.8) is 0 Å². The van der Waals surface area contributed by atoms with Gasteiger partial charge in [0, 0.05) is 20.3 Å². The van der Waals surface area contributed by atoms with Gasteiger partial charge in [0.25, 0.3) is 0 Å². The molecule has 112 valence electrons. The van der Waals surface area contributed by atoms with Crippen LogP contribution in [0.15, 0.2) is 24.3 Å². The lowest BCUT2D eigenvalue weighted by atomic mass is 10.2. The van der Waals surface area contributed by atoms with Crippen molar-refractivity contribution in [3.05, 3.63) is 29.8 Å². The molecule has 0 heterocycles. The van der Waals surface area contributed by atoms with Crippen LogP contribution in [0.4, 0.5) is 5.69 Å². The van der Waals surface area contributed by atoms with Gasteiger partial charge < -0.3 is 10.4 Å². The van der Waals surface area contributed by atoms with Crippen LogP contribution < -0.4 is 5.32 Å². The van der Waals surface area contributed by atoms with Crippen molar-refractivity contribution in [2.45, 2.75) is 51.4 Å². The maximum Gasteiger partial charge on any atom is 0.335 e. The van der Waals surface area contributed by atoms with Crippen LogP contribution in [0.2, 0.25) is 25.7 Å². The van der Waals surface area contributed by atoms with Gasteiger partial charge in [-0.25, -0.2) is 4.79 Å². The summed E-state index contributed by atoms with van der Waals surface area (Å²) in [6.07, 6.45) is 5.13. The highest BCUT2D eigenvalue weighted by Gasteiger charge is 2.11. The second-order valence-corrected chi connectivity index (χ2v) is 12.2. The van der Waals surface area contributed by atoms with E-state index in [0.29, 0.717) is 5.56 Å². The van der Waals surface area contributed by atoms with Gasteiger partial charge in [-0.2, -0.15) is 0 Å². The summed E-state index contributed by atoms with van der Waals surface area (Å²) in [4.78, 5) is 10.7. The number of hydrogen-bond acceptors (Lipinski definition) is 2. The lowest BCUT2D eigenvalue weighted by Crippen LogP contribution is -2.18. The maximum absolute atomic E-state index is 10.7. The smallest absolute Gasteiger partial charge is 0.335 e. The molecule has 0 bridgehead atoms. The van der Waals surface area contributed by atoms with Crippen LogP contribution in [0.1, 0.15) is 36.0 Å². The molecule has 0 fully saturated rings. The van der Waals surface area contributed by atoms with E-state index in [4.69, 9.17) is 5.11 Å². The largest absolute Gasteiger partial charge is 0.478 e. The van der Waals surface area contributed by atoms with Gasteiger partial charge in [-0.15, -0.1) is 0 Å². The fourth-order valence-corrected chi connectivity index (χ4v) is 3.41. The Morgan fingerprint density at radius 2 is 1.65 bits per heavy atom. The van der Waals surface area contributed by atoms with Crippen molar-refractivity contribution in [2.24, 2.45) is 0 Å². The molecule has 0 aliphatic heterocycles. The van der Waals surface area contributed by atoms with E-state index in [9.17, 15) is 4.79 Å². The molecule has 0 saturated carbocycles. The molecule has 1 aromatic carbocycles. The third kappa shape index (κ3) is 7.33. The fourth-order valence-electron chi connectivity index (χ4n) is 2.10. The molecular formula is C16H27NO2Si. The van der Waals surface area contributed by atoms with Crippen LogP contribution in [0.3, 0.4) is 0 Å². The van der Waals surface area contributed by atoms with Gasteiger partial charge >= 0.3 is 5.97 Å². The number of aromatic carboxylic acids is 1. The Kier molecular flexibility index (Phi) is 6.79. The first-order valence-electron chi connectivity index (χ1n) is 7.46. The Bertz CT molecular complexity index is 409. The maximum atomic E-state index is 10.7. The topological polar surface area (TPSA) is 49.3 Å². The van der Waals surface area contributed by atoms with Crippen LogP contribution in [-0.4, -0.2) is 25.7 Å². The number of hydrogen-bond donors (Lipinski definition) is 2. The van der Waals surface area contributed by atoms with Crippen molar-refractivity contribution in [3.8, 4) is 0 Å². The number of carbonyl (C=O) groups is 1. The van der Waals surface area contributed by atoms with Crippen molar-refractivity contribution in [1.29, 1.82) is 0 Å². The molecular weight excluding hydrogens is 266 g/mol. The molecule has 0 aliphatic carbocycles. The van der Waals surface area contributed by atoms with E-state index in [2.05, 4.69) is 25.0 Å². The average Bonchev–Trinajstić information content (AvgIpc) is 2.37. The standard InChI is InChI=1S/C16H27NO2Si/c1-20(2,3)13-7-5-4-6-12-17-15-10-8-14(9-11-15)16(18)19/h8-11,17H,4-7,12-13H2,1-3H3,(H,18,19). The predicted octanol–water partition coefficient (Wildman–Crippen LogP) is 4.70. The predicted molar refractivity (Wildman–Crippen MR) is 88.5 cm³/mol. The summed E-state index contributed by atoms with van der Waals surface area (Å²) in [7, 11) is -0.857. The molecule has 0 atom stereocenters. The molecule has 4 heteroatoms. The van der Waals surface area contributed by atoms with Gasteiger partial charge in [-0.3, -0.25) is 0 Å². The van der Waals surface area contributed by atoms with Crippen molar-refractivity contribution < 1.29 is 9.90 Å². The highest BCUT2D eigenvalue weighted by molar-refractivity contribution is 6.76. The molecule has 0 amide bonds. The summed E-state index contributed by atoms with van der Waals surface area (Å²) in [5, 5.41) is 12.1. The van der Waals surface area contributed by atoms with Gasteiger partial charge in [0.05, 0.1) is 5.56 Å². The monoisotopic (exact) mass is 293 g/mol. The Labute approximate surface area is 123 Å². The number of unbranched alkanes of at least 4 members (excludes halogenated alkanes) is 3. The fraction of sp³-hybridized carbons (Fsp3) is 0.562. The minimum atomic E-state index is -0.876. The van der Waals surface area contributed by atoms with E-state index < -0.39 is 14.0 Å². The number of benzene rings is 1. The molecule has 3 nitrogen and oxygen atoms in total. The lowest BCUT2D eigenvalue weighted by Gasteiger charge is -2.15. The van der Waals surface area contributed by atoms with E-state index in [1.807, 2.05) is 12.1 Å². The van der Waals surface area contributed by atoms with Crippen LogP contribution in [0, 0.1) is 0 Å². The van der Waals surface area contributed by atoms with Gasteiger partial charge in [-0.1, -0.05) is 44.9 Å². The summed E-state index contributed by atoms with van der Waals surface area (Å²) >= 11 is 0. The number of anilines is 1. The number of carboxylic acid groups (broad SMARTS) is 1. The summed E-state index contributed by atoms with van der Waals surface area (Å²) < 4.78 is 0. The van der Waals surface area contributed by atoms with E-state index in [1.54, 1.807) is 12.1 Å². The quantitative estimate of drug-likeness (QED) is 0.512. The second kappa shape index (κ2) is 8.10. The highest BCUT2D eigenvalue weighted by Crippen LogP contribution is 2.15. The SMILES string of the molecule is C[Si](C)(C)CCCCCCNc1ccc(C(=O)O)cc1. The summed E-state index contributed by atoms with van der Waals surface area (Å²) in [6.45, 7) is 8.24. The summed E-state index contributed by atoms with van der Waals surface area (Å²) in [5.74, 6) is -0.876. The first-order valence-corrected chi connectivity index (χ1v) is 11.2. The van der Waals surface area contributed by atoms with Crippen molar-refractivity contribution in [1.82, 2.24) is 0 Å². The van der Waals surface area contributed by atoms with Crippen LogP contribution in [0.25, 0.3) is 0 Å². The third-order valence-electron chi connectivity index (χ3n) is 3.31. The van der Waals surface area contributed by atoms with Crippen LogP contribution in [-0.2, 0) is 0 Å². The highest BCUT2D eigenvalue weighted by atomic mass is 28.3. The molecule has 1 rings (SSSR count). The molecule has 0 saturated heterocycles. The van der Waals surface area contributed by atoms with Gasteiger partial charge in [-0.05, 0) is 30.7 Å². The summed E-state index contributed by atoms with van der Waals surface area (Å²) in [6, 6.07) is 8.36. The minimum absolute atomic E-state index is 0.335. The zero-order valence-corrected chi connectivity index (χ0v) is 13.9. The Balaban J connectivity index is 2.11. The molecule has 0 unspecified atom stereocenters. The second-order valence-electron chi connectivity index (χ2n) is 6.53. The first kappa shape index (κ1) is 16.8. The first-order chi connectivity index (χ1) is 9.38. The Morgan fingerprint density at radius 1 is 1.05 bits per heavy atom. The number of carboxylic acids is 1. The molecule has 1 aromatic rings. The Hall–Kier alpha value is -1.29. The zero-order valence-electron chi connectivity index (χ0n) is 12.9. The number of nitrogens with one attached hydrogen (secondary N) is 1.